The molecule has 0 fully saturated rings. The van der Waals surface area contributed by atoms with Crippen LogP contribution < -0.4 is 0 Å². The van der Waals surface area contributed by atoms with E-state index in [2.05, 4.69) is 15.5 Å². The molecule has 19 heavy (non-hydrogen) atoms. The SMILES string of the molecule is CCCn1nnnc1COC(=O)CCc1cccs1. The molecule has 0 N–H and O–H groups in total. The molecule has 0 radical (unpaired) electrons. The van der Waals surface area contributed by atoms with Crippen molar-refractivity contribution < 1.29 is 9.53 Å². The highest BCUT2D eigenvalue weighted by Gasteiger charge is 2.09. The van der Waals surface area contributed by atoms with Gasteiger partial charge in [-0.15, -0.1) is 16.4 Å². The van der Waals surface area contributed by atoms with E-state index in [4.69, 9.17) is 4.74 Å². The van der Waals surface area contributed by atoms with Gasteiger partial charge in [-0.05, 0) is 34.7 Å². The predicted octanol–water partition coefficient (Wildman–Crippen LogP) is 1.82. The van der Waals surface area contributed by atoms with Crippen LogP contribution in [0.1, 0.15) is 30.5 Å². The molecule has 0 saturated carbocycles. The molecule has 0 aliphatic heterocycles. The molecule has 2 heterocycles. The van der Waals surface area contributed by atoms with Gasteiger partial charge in [0, 0.05) is 11.4 Å². The van der Waals surface area contributed by atoms with E-state index in [9.17, 15) is 4.79 Å². The van der Waals surface area contributed by atoms with E-state index < -0.39 is 0 Å². The Bertz CT molecular complexity index is 510. The maximum atomic E-state index is 11.6. The summed E-state index contributed by atoms with van der Waals surface area (Å²) in [6.45, 7) is 2.91. The van der Waals surface area contributed by atoms with E-state index in [0.717, 1.165) is 19.4 Å². The number of rotatable bonds is 7. The number of hydrogen-bond acceptors (Lipinski definition) is 6. The van der Waals surface area contributed by atoms with Gasteiger partial charge >= 0.3 is 5.97 Å². The molecule has 0 atom stereocenters. The highest BCUT2D eigenvalue weighted by atomic mass is 32.1. The second-order valence-corrected chi connectivity index (χ2v) is 5.09. The molecule has 0 bridgehead atoms. The van der Waals surface area contributed by atoms with Crippen molar-refractivity contribution in [3.63, 3.8) is 0 Å². The third kappa shape index (κ3) is 4.13. The van der Waals surface area contributed by atoms with Gasteiger partial charge in [0.2, 0.25) is 0 Å². The van der Waals surface area contributed by atoms with Crippen molar-refractivity contribution in [2.24, 2.45) is 0 Å². The van der Waals surface area contributed by atoms with Crippen molar-refractivity contribution in [1.82, 2.24) is 20.2 Å². The normalized spacial score (nSPS) is 10.6. The monoisotopic (exact) mass is 280 g/mol. The van der Waals surface area contributed by atoms with Gasteiger partial charge in [0.1, 0.15) is 0 Å². The van der Waals surface area contributed by atoms with Crippen LogP contribution in [0.25, 0.3) is 0 Å². The Morgan fingerprint density at radius 2 is 2.42 bits per heavy atom. The van der Waals surface area contributed by atoms with Crippen LogP contribution in [0.3, 0.4) is 0 Å². The molecule has 2 aromatic heterocycles. The fourth-order valence-electron chi connectivity index (χ4n) is 1.61. The zero-order valence-electron chi connectivity index (χ0n) is 10.8. The summed E-state index contributed by atoms with van der Waals surface area (Å²) < 4.78 is 6.83. The molecule has 6 nitrogen and oxygen atoms in total. The summed E-state index contributed by atoms with van der Waals surface area (Å²) in [6.07, 6.45) is 2.04. The smallest absolute Gasteiger partial charge is 0.306 e. The Balaban J connectivity index is 1.75. The van der Waals surface area contributed by atoms with Crippen LogP contribution in [-0.4, -0.2) is 26.2 Å². The van der Waals surface area contributed by atoms with Crippen molar-refractivity contribution in [3.05, 3.63) is 28.2 Å². The maximum absolute atomic E-state index is 11.6. The molecule has 0 aliphatic rings. The van der Waals surface area contributed by atoms with E-state index in [1.165, 1.54) is 4.88 Å². The standard InChI is InChI=1S/C12H16N4O2S/c1-2-7-16-11(13-14-15-16)9-18-12(17)6-5-10-4-3-8-19-10/h3-4,8H,2,5-7,9H2,1H3. The maximum Gasteiger partial charge on any atom is 0.306 e. The molecule has 0 aliphatic carbocycles. The molecule has 0 spiro atoms. The third-order valence-electron chi connectivity index (χ3n) is 2.56. The topological polar surface area (TPSA) is 69.9 Å². The second kappa shape index (κ2) is 6.98. The van der Waals surface area contributed by atoms with Gasteiger partial charge < -0.3 is 4.74 Å². The molecular weight excluding hydrogens is 264 g/mol. The lowest BCUT2D eigenvalue weighted by Crippen LogP contribution is -2.11. The lowest BCUT2D eigenvalue weighted by molar-refractivity contribution is -0.145. The summed E-state index contributed by atoms with van der Waals surface area (Å²) in [5.74, 6) is 0.366. The van der Waals surface area contributed by atoms with Crippen molar-refractivity contribution in [3.8, 4) is 0 Å². The highest BCUT2D eigenvalue weighted by molar-refractivity contribution is 7.09. The Labute approximate surface area is 115 Å². The number of carbonyl (C=O) groups is 1. The second-order valence-electron chi connectivity index (χ2n) is 4.06. The first-order chi connectivity index (χ1) is 9.29. The van der Waals surface area contributed by atoms with E-state index in [0.29, 0.717) is 12.2 Å². The van der Waals surface area contributed by atoms with Gasteiger partial charge in [-0.1, -0.05) is 13.0 Å². The lowest BCUT2D eigenvalue weighted by Gasteiger charge is -2.04. The average molecular weight is 280 g/mol. The predicted molar refractivity (Wildman–Crippen MR) is 70.5 cm³/mol. The Kier molecular flexibility index (Phi) is 5.02. The van der Waals surface area contributed by atoms with Crippen molar-refractivity contribution >= 4 is 17.3 Å². The Morgan fingerprint density at radius 1 is 1.53 bits per heavy atom. The van der Waals surface area contributed by atoms with Gasteiger partial charge in [0.25, 0.3) is 0 Å². The summed E-state index contributed by atoms with van der Waals surface area (Å²) in [4.78, 5) is 12.8. The summed E-state index contributed by atoms with van der Waals surface area (Å²) in [7, 11) is 0. The van der Waals surface area contributed by atoms with Crippen LogP contribution in [0.2, 0.25) is 0 Å². The summed E-state index contributed by atoms with van der Waals surface area (Å²) >= 11 is 1.65. The van der Waals surface area contributed by atoms with Crippen LogP contribution >= 0.6 is 11.3 Å². The Hall–Kier alpha value is -1.76. The van der Waals surface area contributed by atoms with E-state index in [1.54, 1.807) is 16.0 Å². The van der Waals surface area contributed by atoms with Crippen molar-refractivity contribution in [2.45, 2.75) is 39.3 Å². The molecule has 0 amide bonds. The van der Waals surface area contributed by atoms with Gasteiger partial charge in [-0.3, -0.25) is 4.79 Å². The zero-order valence-corrected chi connectivity index (χ0v) is 11.6. The minimum absolute atomic E-state index is 0.135. The van der Waals surface area contributed by atoms with Crippen LogP contribution in [0.5, 0.6) is 0 Å². The number of esters is 1. The molecule has 0 unspecified atom stereocenters. The lowest BCUT2D eigenvalue weighted by atomic mass is 10.3. The molecule has 102 valence electrons. The van der Waals surface area contributed by atoms with Crippen LogP contribution in [0, 0.1) is 0 Å². The molecular formula is C12H16N4O2S. The van der Waals surface area contributed by atoms with Gasteiger partial charge in [-0.2, -0.15) is 0 Å². The number of nitrogens with zero attached hydrogens (tertiary/aromatic N) is 4. The van der Waals surface area contributed by atoms with Crippen LogP contribution in [-0.2, 0) is 29.1 Å². The number of aryl methyl sites for hydroxylation is 2. The highest BCUT2D eigenvalue weighted by Crippen LogP contribution is 2.11. The van der Waals surface area contributed by atoms with Gasteiger partial charge in [-0.25, -0.2) is 4.68 Å². The minimum Gasteiger partial charge on any atom is -0.457 e. The largest absolute Gasteiger partial charge is 0.457 e. The van der Waals surface area contributed by atoms with Crippen LogP contribution in [0.15, 0.2) is 17.5 Å². The van der Waals surface area contributed by atoms with E-state index in [1.807, 2.05) is 24.4 Å². The van der Waals surface area contributed by atoms with Crippen molar-refractivity contribution in [2.75, 3.05) is 0 Å². The van der Waals surface area contributed by atoms with Crippen LogP contribution in [0.4, 0.5) is 0 Å². The number of carbonyl (C=O) groups excluding carboxylic acids is 1. The van der Waals surface area contributed by atoms with Gasteiger partial charge in [0.05, 0.1) is 6.42 Å². The van der Waals surface area contributed by atoms with E-state index >= 15 is 0 Å². The molecule has 7 heteroatoms. The number of tetrazole rings is 1. The first-order valence-electron chi connectivity index (χ1n) is 6.22. The zero-order chi connectivity index (χ0) is 13.5. The molecule has 0 saturated heterocycles. The van der Waals surface area contributed by atoms with Crippen molar-refractivity contribution in [1.29, 1.82) is 0 Å². The Morgan fingerprint density at radius 3 is 3.16 bits per heavy atom. The first kappa shape index (κ1) is 13.7. The summed E-state index contributed by atoms with van der Waals surface area (Å²) in [5.41, 5.74) is 0. The molecule has 2 rings (SSSR count). The number of hydrogen-bond donors (Lipinski definition) is 0. The number of ether oxygens (including phenoxy) is 1. The number of thiophene rings is 1. The summed E-state index contributed by atoms with van der Waals surface area (Å²) in [6, 6.07) is 3.99. The summed E-state index contributed by atoms with van der Waals surface area (Å²) in [5, 5.41) is 13.3. The number of aromatic nitrogens is 4. The first-order valence-corrected chi connectivity index (χ1v) is 7.10. The third-order valence-corrected chi connectivity index (χ3v) is 3.50. The fourth-order valence-corrected chi connectivity index (χ4v) is 2.32. The fraction of sp³-hybridized carbons (Fsp3) is 0.500. The minimum atomic E-state index is -0.223. The quantitative estimate of drug-likeness (QED) is 0.724. The van der Waals surface area contributed by atoms with E-state index in [-0.39, 0.29) is 12.6 Å². The molecule has 0 aromatic carbocycles. The average Bonchev–Trinajstić information content (AvgIpc) is 3.06. The van der Waals surface area contributed by atoms with Gasteiger partial charge in [0.15, 0.2) is 12.4 Å². The molecule has 2 aromatic rings.